The average molecular weight is 395 g/mol. The number of halogens is 1. The third-order valence-corrected chi connectivity index (χ3v) is 5.46. The van der Waals surface area contributed by atoms with Crippen molar-refractivity contribution < 1.29 is 13.2 Å². The van der Waals surface area contributed by atoms with Crippen molar-refractivity contribution in [1.29, 1.82) is 5.26 Å². The van der Waals surface area contributed by atoms with Gasteiger partial charge in [-0.3, -0.25) is 0 Å². The fraction of sp³-hybridized carbons (Fsp3) is 0.294. The minimum absolute atomic E-state index is 0. The predicted molar refractivity (Wildman–Crippen MR) is 99.4 cm³/mol. The molecule has 0 spiro atoms. The number of hydrogen-bond donors (Lipinski definition) is 2. The molecule has 0 bridgehead atoms. The molecule has 1 unspecified atom stereocenters. The fourth-order valence-electron chi connectivity index (χ4n) is 2.92. The number of nitrogen functional groups attached to an aromatic ring is 1. The number of rotatable bonds is 3. The van der Waals surface area contributed by atoms with Gasteiger partial charge in [0.2, 0.25) is 10.0 Å². The van der Waals surface area contributed by atoms with Crippen molar-refractivity contribution >= 4 is 28.1 Å². The van der Waals surface area contributed by atoms with Gasteiger partial charge >= 0.3 is 0 Å². The van der Waals surface area contributed by atoms with Gasteiger partial charge in [-0.05, 0) is 44.2 Å². The number of ether oxygens (including phenoxy) is 1. The minimum atomic E-state index is -3.94. The van der Waals surface area contributed by atoms with Crippen LogP contribution in [0.5, 0.6) is 5.75 Å². The normalized spacial score (nSPS) is 18.0. The summed E-state index contributed by atoms with van der Waals surface area (Å²) in [7, 11) is -3.94. The predicted octanol–water partition coefficient (Wildman–Crippen LogP) is 2.54. The Kier molecular flexibility index (Phi) is 5.47. The second-order valence-corrected chi connectivity index (χ2v) is 8.18. The first-order valence-electron chi connectivity index (χ1n) is 7.68. The Morgan fingerprint density at radius 2 is 2.12 bits per heavy atom. The van der Waals surface area contributed by atoms with Crippen LogP contribution >= 0.6 is 12.4 Å². The summed E-state index contributed by atoms with van der Waals surface area (Å²) in [4.78, 5) is 3.67. The highest BCUT2D eigenvalue weighted by Gasteiger charge is 2.36. The van der Waals surface area contributed by atoms with Crippen LogP contribution < -0.4 is 15.2 Å². The SMILES string of the molecule is CC1(C)CC(NS(=O)(=O)c2cccnc2C#N)c2cc(N)ccc2O1.Cl. The van der Waals surface area contributed by atoms with Gasteiger partial charge < -0.3 is 10.5 Å². The maximum atomic E-state index is 12.8. The van der Waals surface area contributed by atoms with Crippen molar-refractivity contribution in [3.8, 4) is 11.8 Å². The molecule has 3 rings (SSSR count). The van der Waals surface area contributed by atoms with Crippen LogP contribution in [0.3, 0.4) is 0 Å². The number of aromatic nitrogens is 1. The second-order valence-electron chi connectivity index (χ2n) is 6.50. The van der Waals surface area contributed by atoms with E-state index >= 15 is 0 Å². The number of nitrogens with one attached hydrogen (secondary N) is 1. The van der Waals surface area contributed by atoms with E-state index in [1.807, 2.05) is 19.9 Å². The number of nitrogens with two attached hydrogens (primary N) is 1. The first kappa shape index (κ1) is 20.0. The summed E-state index contributed by atoms with van der Waals surface area (Å²) in [5.74, 6) is 0.588. The summed E-state index contributed by atoms with van der Waals surface area (Å²) in [5.41, 5.74) is 6.34. The molecule has 3 N–H and O–H groups in total. The summed E-state index contributed by atoms with van der Waals surface area (Å²) in [6.07, 6.45) is 1.80. The molecule has 0 aliphatic carbocycles. The maximum absolute atomic E-state index is 12.8. The zero-order valence-electron chi connectivity index (χ0n) is 14.3. The third kappa shape index (κ3) is 3.90. The lowest BCUT2D eigenvalue weighted by molar-refractivity contribution is 0.0702. The van der Waals surface area contributed by atoms with E-state index in [1.54, 1.807) is 18.2 Å². The molecule has 7 nitrogen and oxygen atoms in total. The van der Waals surface area contributed by atoms with Crippen LogP contribution in [0, 0.1) is 11.3 Å². The molecular formula is C17H19ClN4O3S. The average Bonchev–Trinajstić information content (AvgIpc) is 2.54. The Morgan fingerprint density at radius 1 is 1.38 bits per heavy atom. The van der Waals surface area contributed by atoms with Gasteiger partial charge in [0.25, 0.3) is 0 Å². The van der Waals surface area contributed by atoms with Crippen molar-refractivity contribution in [2.75, 3.05) is 5.73 Å². The lowest BCUT2D eigenvalue weighted by atomic mass is 9.90. The first-order valence-corrected chi connectivity index (χ1v) is 9.16. The number of sulfonamides is 1. The third-order valence-electron chi connectivity index (χ3n) is 3.95. The molecule has 2 aromatic rings. The Balaban J connectivity index is 0.00000243. The summed E-state index contributed by atoms with van der Waals surface area (Å²) in [6, 6.07) is 9.26. The largest absolute Gasteiger partial charge is 0.487 e. The van der Waals surface area contributed by atoms with E-state index in [-0.39, 0.29) is 23.0 Å². The first-order chi connectivity index (χ1) is 11.7. The number of nitriles is 1. The van der Waals surface area contributed by atoms with Crippen molar-refractivity contribution in [3.05, 3.63) is 47.8 Å². The quantitative estimate of drug-likeness (QED) is 0.772. The molecule has 1 aliphatic rings. The van der Waals surface area contributed by atoms with Crippen molar-refractivity contribution in [3.63, 3.8) is 0 Å². The Labute approximate surface area is 158 Å². The second kappa shape index (κ2) is 7.11. The molecule has 26 heavy (non-hydrogen) atoms. The Hall–Kier alpha value is -2.34. The van der Waals surface area contributed by atoms with Crippen LogP contribution in [0.25, 0.3) is 0 Å². The summed E-state index contributed by atoms with van der Waals surface area (Å²) in [6.45, 7) is 3.77. The fourth-order valence-corrected chi connectivity index (χ4v) is 4.24. The van der Waals surface area contributed by atoms with Gasteiger partial charge in [-0.25, -0.2) is 18.1 Å². The number of nitrogens with zero attached hydrogens (tertiary/aromatic N) is 2. The van der Waals surface area contributed by atoms with E-state index in [9.17, 15) is 8.42 Å². The molecule has 9 heteroatoms. The van der Waals surface area contributed by atoms with E-state index in [0.717, 1.165) is 0 Å². The van der Waals surface area contributed by atoms with Gasteiger partial charge in [0.1, 0.15) is 22.3 Å². The van der Waals surface area contributed by atoms with Crippen LogP contribution in [0.15, 0.2) is 41.4 Å². The van der Waals surface area contributed by atoms with E-state index in [2.05, 4.69) is 9.71 Å². The lowest BCUT2D eigenvalue weighted by Crippen LogP contribution is -2.41. The summed E-state index contributed by atoms with van der Waals surface area (Å²) >= 11 is 0. The molecule has 0 saturated heterocycles. The smallest absolute Gasteiger partial charge is 0.244 e. The number of fused-ring (bicyclic) bond motifs is 1. The van der Waals surface area contributed by atoms with Crippen molar-refractivity contribution in [1.82, 2.24) is 9.71 Å². The highest BCUT2D eigenvalue weighted by molar-refractivity contribution is 7.89. The topological polar surface area (TPSA) is 118 Å². The van der Waals surface area contributed by atoms with E-state index < -0.39 is 21.7 Å². The lowest BCUT2D eigenvalue weighted by Gasteiger charge is -2.37. The molecule has 0 amide bonds. The van der Waals surface area contributed by atoms with Gasteiger partial charge in [-0.15, -0.1) is 12.4 Å². The maximum Gasteiger partial charge on any atom is 0.244 e. The molecule has 0 fully saturated rings. The van der Waals surface area contributed by atoms with Crippen molar-refractivity contribution in [2.45, 2.75) is 36.8 Å². The highest BCUT2D eigenvalue weighted by atomic mass is 35.5. The van der Waals surface area contributed by atoms with Gasteiger partial charge in [-0.2, -0.15) is 5.26 Å². The van der Waals surface area contributed by atoms with Gasteiger partial charge in [0, 0.05) is 23.9 Å². The molecule has 1 aromatic carbocycles. The number of pyridine rings is 1. The Bertz CT molecular complexity index is 970. The number of hydrogen-bond acceptors (Lipinski definition) is 6. The van der Waals surface area contributed by atoms with E-state index in [4.69, 9.17) is 15.7 Å². The van der Waals surface area contributed by atoms with Gasteiger partial charge in [0.05, 0.1) is 6.04 Å². The van der Waals surface area contributed by atoms with Gasteiger partial charge in [0.15, 0.2) is 5.69 Å². The zero-order valence-corrected chi connectivity index (χ0v) is 15.9. The zero-order chi connectivity index (χ0) is 18.2. The van der Waals surface area contributed by atoms with Crippen molar-refractivity contribution in [2.24, 2.45) is 0 Å². The highest BCUT2D eigenvalue weighted by Crippen LogP contribution is 2.41. The molecular weight excluding hydrogens is 376 g/mol. The molecule has 1 aromatic heterocycles. The van der Waals surface area contributed by atoms with Crippen LogP contribution in [-0.4, -0.2) is 19.0 Å². The van der Waals surface area contributed by atoms with Crippen LogP contribution in [0.4, 0.5) is 5.69 Å². The molecule has 1 aliphatic heterocycles. The van der Waals surface area contributed by atoms with Crippen LogP contribution in [-0.2, 0) is 10.0 Å². The summed E-state index contributed by atoms with van der Waals surface area (Å²) in [5, 5.41) is 9.12. The van der Waals surface area contributed by atoms with Crippen LogP contribution in [0.2, 0.25) is 0 Å². The number of benzene rings is 1. The molecule has 0 radical (unpaired) electrons. The van der Waals surface area contributed by atoms with Gasteiger partial charge in [-0.1, -0.05) is 0 Å². The summed E-state index contributed by atoms with van der Waals surface area (Å²) < 4.78 is 34.2. The number of anilines is 1. The monoisotopic (exact) mass is 394 g/mol. The van der Waals surface area contributed by atoms with E-state index in [1.165, 1.54) is 18.3 Å². The molecule has 2 heterocycles. The molecule has 0 saturated carbocycles. The molecule has 138 valence electrons. The van der Waals surface area contributed by atoms with E-state index in [0.29, 0.717) is 23.4 Å². The minimum Gasteiger partial charge on any atom is -0.487 e. The standard InChI is InChI=1S/C17H18N4O3S.ClH/c1-17(2)9-13(12-8-11(19)5-6-15(12)24-17)21-25(22,23)16-4-3-7-20-14(16)10-18;/h3-8,13,21H,9,19H2,1-2H3;1H. The molecule has 1 atom stereocenters. The Morgan fingerprint density at radius 3 is 2.81 bits per heavy atom. The van der Waals surface area contributed by atoms with Crippen LogP contribution in [0.1, 0.15) is 37.6 Å².